The van der Waals surface area contributed by atoms with Gasteiger partial charge in [-0.1, -0.05) is 78.0 Å². The Morgan fingerprint density at radius 2 is 1.19 bits per heavy atom. The Bertz CT molecular complexity index is 386. The van der Waals surface area contributed by atoms with E-state index < -0.39 is 8.80 Å². The fourth-order valence-corrected chi connectivity index (χ4v) is 4.97. The first kappa shape index (κ1) is 11.4. The van der Waals surface area contributed by atoms with Crippen LogP contribution in [0.15, 0.2) is 60.7 Å². The van der Waals surface area contributed by atoms with Crippen LogP contribution in [0.25, 0.3) is 0 Å². The van der Waals surface area contributed by atoms with E-state index >= 15 is 0 Å². The van der Waals surface area contributed by atoms with Gasteiger partial charge in [0.2, 0.25) is 0 Å². The predicted octanol–water partition coefficient (Wildman–Crippen LogP) is 2.46. The molecule has 0 heterocycles. The molecule has 0 aliphatic carbocycles. The molecule has 0 amide bonds. The van der Waals surface area contributed by atoms with E-state index in [1.54, 1.807) is 0 Å². The van der Waals surface area contributed by atoms with Crippen LogP contribution in [-0.2, 0) is 0 Å². The zero-order valence-corrected chi connectivity index (χ0v) is 11.0. The fourth-order valence-electron chi connectivity index (χ4n) is 1.86. The molecule has 2 aromatic carbocycles. The minimum absolute atomic E-state index is 0.190. The summed E-state index contributed by atoms with van der Waals surface area (Å²) < 4.78 is 0. The maximum Gasteiger partial charge on any atom is 0.140 e. The summed E-state index contributed by atoms with van der Waals surface area (Å²) in [6.45, 7) is 2.09. The summed E-state index contributed by atoms with van der Waals surface area (Å²) >= 11 is 6.36. The van der Waals surface area contributed by atoms with Gasteiger partial charge in [-0.25, -0.2) is 0 Å². The molecule has 0 bridgehead atoms. The first-order valence-electron chi connectivity index (χ1n) is 5.41. The van der Waals surface area contributed by atoms with Crippen LogP contribution in [0.1, 0.15) is 6.92 Å². The van der Waals surface area contributed by atoms with Crippen molar-refractivity contribution in [3.8, 4) is 0 Å². The highest BCUT2D eigenvalue weighted by Crippen LogP contribution is 2.03. The average molecular weight is 246 g/mol. The van der Waals surface area contributed by atoms with Gasteiger partial charge in [-0.15, -0.1) is 11.6 Å². The number of rotatable bonds is 3. The highest BCUT2D eigenvalue weighted by atomic mass is 35.5. The van der Waals surface area contributed by atoms with E-state index in [0.29, 0.717) is 0 Å². The summed E-state index contributed by atoms with van der Waals surface area (Å²) in [6, 6.07) is 21.2. The summed E-state index contributed by atoms with van der Waals surface area (Å²) in [5.74, 6) is 0. The molecule has 16 heavy (non-hydrogen) atoms. The molecule has 81 valence electrons. The number of hydrogen-bond acceptors (Lipinski definition) is 0. The van der Waals surface area contributed by atoms with Gasteiger partial charge in [0.25, 0.3) is 0 Å². The standard InChI is InChI=1S/C14H14ClSi/c1-12(15)16(13-8-4-2-5-9-13)14-10-6-3-7-11-14/h2-12H,1H3. The maximum atomic E-state index is 6.36. The largest absolute Gasteiger partial charge is 0.140 e. The first-order chi connectivity index (χ1) is 7.79. The van der Waals surface area contributed by atoms with Gasteiger partial charge in [-0.3, -0.25) is 0 Å². The Hall–Kier alpha value is -1.05. The zero-order valence-electron chi connectivity index (χ0n) is 9.23. The van der Waals surface area contributed by atoms with Crippen LogP contribution in [-0.4, -0.2) is 13.8 Å². The maximum absolute atomic E-state index is 6.36. The molecule has 2 heteroatoms. The van der Waals surface area contributed by atoms with Gasteiger partial charge in [0, 0.05) is 5.00 Å². The van der Waals surface area contributed by atoms with Crippen molar-refractivity contribution in [2.24, 2.45) is 0 Å². The van der Waals surface area contributed by atoms with Crippen LogP contribution in [0, 0.1) is 0 Å². The second-order valence-electron chi connectivity index (χ2n) is 3.76. The molecule has 0 spiro atoms. The van der Waals surface area contributed by atoms with Crippen molar-refractivity contribution in [2.45, 2.75) is 11.9 Å². The molecular weight excluding hydrogens is 232 g/mol. The van der Waals surface area contributed by atoms with Gasteiger partial charge in [0.1, 0.15) is 8.80 Å². The molecule has 0 fully saturated rings. The van der Waals surface area contributed by atoms with E-state index in [-0.39, 0.29) is 5.00 Å². The molecule has 0 aliphatic rings. The highest BCUT2D eigenvalue weighted by Gasteiger charge is 2.21. The molecule has 1 unspecified atom stereocenters. The van der Waals surface area contributed by atoms with Crippen LogP contribution in [0.5, 0.6) is 0 Å². The van der Waals surface area contributed by atoms with Crippen molar-refractivity contribution < 1.29 is 0 Å². The molecular formula is C14H14ClSi. The fraction of sp³-hybridized carbons (Fsp3) is 0.143. The van der Waals surface area contributed by atoms with E-state index in [1.807, 2.05) is 12.1 Å². The van der Waals surface area contributed by atoms with Crippen molar-refractivity contribution in [1.82, 2.24) is 0 Å². The SMILES string of the molecule is CC(Cl)[Si](c1ccccc1)c1ccccc1. The monoisotopic (exact) mass is 245 g/mol. The number of alkyl halides is 1. The lowest BCUT2D eigenvalue weighted by Gasteiger charge is -2.17. The second-order valence-corrected chi connectivity index (χ2v) is 7.63. The summed E-state index contributed by atoms with van der Waals surface area (Å²) in [7, 11) is -0.851. The number of halogens is 1. The Morgan fingerprint density at radius 3 is 1.50 bits per heavy atom. The molecule has 0 saturated heterocycles. The van der Waals surface area contributed by atoms with Gasteiger partial charge in [-0.2, -0.15) is 0 Å². The van der Waals surface area contributed by atoms with Crippen LogP contribution in [0.4, 0.5) is 0 Å². The summed E-state index contributed by atoms with van der Waals surface area (Å²) in [5, 5.41) is 2.94. The Morgan fingerprint density at radius 1 is 0.812 bits per heavy atom. The van der Waals surface area contributed by atoms with Gasteiger partial charge < -0.3 is 0 Å². The zero-order chi connectivity index (χ0) is 11.4. The highest BCUT2D eigenvalue weighted by molar-refractivity contribution is 6.90. The van der Waals surface area contributed by atoms with Gasteiger partial charge in [0.05, 0.1) is 0 Å². The average Bonchev–Trinajstić information content (AvgIpc) is 2.31. The lowest BCUT2D eigenvalue weighted by molar-refractivity contribution is 1.34. The summed E-state index contributed by atoms with van der Waals surface area (Å²) in [5.41, 5.74) is 0. The molecule has 2 aromatic rings. The quantitative estimate of drug-likeness (QED) is 0.576. The molecule has 0 N–H and O–H groups in total. The second kappa shape index (κ2) is 5.33. The molecule has 1 radical (unpaired) electrons. The number of hydrogen-bond donors (Lipinski definition) is 0. The lowest BCUT2D eigenvalue weighted by atomic mass is 10.4. The molecule has 0 aromatic heterocycles. The van der Waals surface area contributed by atoms with Crippen molar-refractivity contribution in [2.75, 3.05) is 0 Å². The topological polar surface area (TPSA) is 0 Å². The number of benzene rings is 2. The Labute approximate surface area is 103 Å². The molecule has 1 atom stereocenters. The van der Waals surface area contributed by atoms with Crippen LogP contribution >= 0.6 is 11.6 Å². The minimum Gasteiger partial charge on any atom is -0.126 e. The third kappa shape index (κ3) is 2.54. The van der Waals surface area contributed by atoms with Crippen molar-refractivity contribution >= 4 is 30.8 Å². The van der Waals surface area contributed by atoms with Gasteiger partial charge >= 0.3 is 0 Å². The van der Waals surface area contributed by atoms with E-state index in [0.717, 1.165) is 0 Å². The Kier molecular flexibility index (Phi) is 3.81. The summed E-state index contributed by atoms with van der Waals surface area (Å²) in [6.07, 6.45) is 0. The molecule has 0 saturated carbocycles. The molecule has 0 aliphatic heterocycles. The normalized spacial score (nSPS) is 12.7. The van der Waals surface area contributed by atoms with E-state index in [9.17, 15) is 0 Å². The Balaban J connectivity index is 2.40. The van der Waals surface area contributed by atoms with Crippen molar-refractivity contribution in [1.29, 1.82) is 0 Å². The lowest BCUT2D eigenvalue weighted by Crippen LogP contribution is -2.48. The van der Waals surface area contributed by atoms with E-state index in [1.165, 1.54) is 10.4 Å². The van der Waals surface area contributed by atoms with Crippen molar-refractivity contribution in [3.63, 3.8) is 0 Å². The smallest absolute Gasteiger partial charge is 0.126 e. The first-order valence-corrected chi connectivity index (χ1v) is 7.42. The van der Waals surface area contributed by atoms with Gasteiger partial charge in [-0.05, 0) is 0 Å². The van der Waals surface area contributed by atoms with Gasteiger partial charge in [0.15, 0.2) is 0 Å². The molecule has 0 nitrogen and oxygen atoms in total. The minimum atomic E-state index is -0.851. The molecule has 2 rings (SSSR count). The van der Waals surface area contributed by atoms with Crippen LogP contribution < -0.4 is 10.4 Å². The van der Waals surface area contributed by atoms with E-state index in [4.69, 9.17) is 11.6 Å². The van der Waals surface area contributed by atoms with Crippen LogP contribution in [0.3, 0.4) is 0 Å². The summed E-state index contributed by atoms with van der Waals surface area (Å²) in [4.78, 5) is 0. The van der Waals surface area contributed by atoms with E-state index in [2.05, 4.69) is 55.5 Å². The third-order valence-corrected chi connectivity index (χ3v) is 5.93. The predicted molar refractivity (Wildman–Crippen MR) is 73.2 cm³/mol. The third-order valence-electron chi connectivity index (χ3n) is 2.57. The van der Waals surface area contributed by atoms with Crippen LogP contribution in [0.2, 0.25) is 0 Å². The van der Waals surface area contributed by atoms with Crippen molar-refractivity contribution in [3.05, 3.63) is 60.7 Å².